The zero-order valence-electron chi connectivity index (χ0n) is 25.2. The van der Waals surface area contributed by atoms with E-state index in [1.54, 1.807) is 41.3 Å². The highest BCUT2D eigenvalue weighted by atomic mass is 19.1. The van der Waals surface area contributed by atoms with Crippen LogP contribution in [0.15, 0.2) is 91.4 Å². The molecule has 2 aromatic carbocycles. The van der Waals surface area contributed by atoms with Gasteiger partial charge >= 0.3 is 0 Å². The summed E-state index contributed by atoms with van der Waals surface area (Å²) >= 11 is 0. The maximum atomic E-state index is 13.9. The first-order valence-corrected chi connectivity index (χ1v) is 14.9. The lowest BCUT2D eigenvalue weighted by Crippen LogP contribution is -2.13. The van der Waals surface area contributed by atoms with Gasteiger partial charge < -0.3 is 9.88 Å². The molecule has 222 valence electrons. The van der Waals surface area contributed by atoms with Crippen LogP contribution >= 0.6 is 0 Å². The number of fused-ring (bicyclic) bond motifs is 1. The number of rotatable bonds is 9. The number of nitrogens with zero attached hydrogens (tertiary/aromatic N) is 6. The largest absolute Gasteiger partial charge is 0.323 e. The van der Waals surface area contributed by atoms with Crippen molar-refractivity contribution in [3.05, 3.63) is 109 Å². The first-order valence-electron chi connectivity index (χ1n) is 14.9. The lowest BCUT2D eigenvalue weighted by atomic mass is 10.0. The predicted molar refractivity (Wildman–Crippen MR) is 171 cm³/mol. The van der Waals surface area contributed by atoms with Gasteiger partial charge in [-0.2, -0.15) is 5.10 Å². The summed E-state index contributed by atoms with van der Waals surface area (Å²) in [7, 11) is 0. The highest BCUT2D eigenvalue weighted by Gasteiger charge is 2.26. The predicted octanol–water partition coefficient (Wildman–Crippen LogP) is 8.20. The van der Waals surface area contributed by atoms with Gasteiger partial charge in [0.15, 0.2) is 11.5 Å². The van der Waals surface area contributed by atoms with Crippen molar-refractivity contribution in [2.24, 2.45) is 0 Å². The van der Waals surface area contributed by atoms with E-state index < -0.39 is 0 Å². The molecular weight excluding hydrogens is 553 g/mol. The molecule has 4 heterocycles. The number of amides is 1. The van der Waals surface area contributed by atoms with Gasteiger partial charge in [-0.05, 0) is 73.5 Å². The summed E-state index contributed by atoms with van der Waals surface area (Å²) in [5.41, 5.74) is 6.08. The molecular formula is C35H34FN7O. The minimum absolute atomic E-state index is 0.165. The van der Waals surface area contributed by atoms with Gasteiger partial charge in [0.2, 0.25) is 0 Å². The normalized spacial score (nSPS) is 12.1. The van der Waals surface area contributed by atoms with Crippen molar-refractivity contribution in [2.45, 2.75) is 52.5 Å². The summed E-state index contributed by atoms with van der Waals surface area (Å²) in [6, 6.07) is 21.6. The Labute approximate surface area is 255 Å². The third-order valence-electron chi connectivity index (χ3n) is 7.64. The van der Waals surface area contributed by atoms with Gasteiger partial charge in [0.1, 0.15) is 17.3 Å². The Balaban J connectivity index is 1.38. The number of nitrogens with one attached hydrogen (secondary N) is 1. The Bertz CT molecular complexity index is 1930. The van der Waals surface area contributed by atoms with E-state index in [-0.39, 0.29) is 23.7 Å². The van der Waals surface area contributed by atoms with Crippen LogP contribution in [0.5, 0.6) is 0 Å². The SMILES string of the molecule is CCCC(C)n1c(C(C)C)nc(-c2ccc(F)cc2)c1-c1ccc2nc(NC(=O)c3cccc(-c4cccnc4)c3)cn2n1. The number of carbonyl (C=O) groups excluding carboxylic acids is 1. The van der Waals surface area contributed by atoms with E-state index in [4.69, 9.17) is 10.1 Å². The van der Waals surface area contributed by atoms with E-state index in [9.17, 15) is 9.18 Å². The van der Waals surface area contributed by atoms with E-state index in [2.05, 4.69) is 47.5 Å². The molecule has 0 fully saturated rings. The Morgan fingerprint density at radius 1 is 0.932 bits per heavy atom. The average molecular weight is 588 g/mol. The Morgan fingerprint density at radius 3 is 2.45 bits per heavy atom. The molecule has 0 aliphatic heterocycles. The van der Waals surface area contributed by atoms with Crippen LogP contribution in [0.25, 0.3) is 39.4 Å². The fourth-order valence-corrected chi connectivity index (χ4v) is 5.53. The number of hydrogen-bond donors (Lipinski definition) is 1. The average Bonchev–Trinajstić information content (AvgIpc) is 3.63. The maximum Gasteiger partial charge on any atom is 0.256 e. The van der Waals surface area contributed by atoms with Gasteiger partial charge in [0, 0.05) is 41.0 Å². The lowest BCUT2D eigenvalue weighted by molar-refractivity contribution is 0.102. The van der Waals surface area contributed by atoms with Gasteiger partial charge in [0.25, 0.3) is 5.91 Å². The Morgan fingerprint density at radius 2 is 1.73 bits per heavy atom. The summed E-state index contributed by atoms with van der Waals surface area (Å²) < 4.78 is 17.8. The van der Waals surface area contributed by atoms with Crippen molar-refractivity contribution in [3.8, 4) is 33.8 Å². The molecule has 0 spiro atoms. The second-order valence-corrected chi connectivity index (χ2v) is 11.3. The number of imidazole rings is 2. The van der Waals surface area contributed by atoms with Gasteiger partial charge in [-0.1, -0.05) is 45.4 Å². The fourth-order valence-electron chi connectivity index (χ4n) is 5.53. The molecule has 0 aliphatic rings. The smallest absolute Gasteiger partial charge is 0.256 e. The minimum atomic E-state index is -0.297. The van der Waals surface area contributed by atoms with Crippen LogP contribution in [0.4, 0.5) is 10.2 Å². The van der Waals surface area contributed by atoms with Crippen LogP contribution in [0.1, 0.15) is 68.7 Å². The number of pyridine rings is 1. The van der Waals surface area contributed by atoms with Crippen molar-refractivity contribution in [1.29, 1.82) is 0 Å². The van der Waals surface area contributed by atoms with Crippen LogP contribution < -0.4 is 5.32 Å². The van der Waals surface area contributed by atoms with E-state index >= 15 is 0 Å². The van der Waals surface area contributed by atoms with E-state index in [1.807, 2.05) is 42.5 Å². The fraction of sp³-hybridized carbons (Fsp3) is 0.229. The first-order chi connectivity index (χ1) is 21.3. The molecule has 0 bridgehead atoms. The molecule has 0 saturated carbocycles. The van der Waals surface area contributed by atoms with Crippen molar-refractivity contribution in [1.82, 2.24) is 29.1 Å². The van der Waals surface area contributed by atoms with Crippen LogP contribution in [-0.4, -0.2) is 35.0 Å². The second-order valence-electron chi connectivity index (χ2n) is 11.3. The number of anilines is 1. The molecule has 1 N–H and O–H groups in total. The molecule has 0 saturated heterocycles. The lowest BCUT2D eigenvalue weighted by Gasteiger charge is -2.20. The molecule has 1 amide bonds. The van der Waals surface area contributed by atoms with Gasteiger partial charge in [-0.3, -0.25) is 9.78 Å². The molecule has 6 rings (SSSR count). The van der Waals surface area contributed by atoms with Crippen molar-refractivity contribution >= 4 is 17.4 Å². The van der Waals surface area contributed by atoms with Crippen LogP contribution in [-0.2, 0) is 0 Å². The number of carbonyl (C=O) groups is 1. The molecule has 1 atom stereocenters. The monoisotopic (exact) mass is 587 g/mol. The Hall–Kier alpha value is -5.18. The maximum absolute atomic E-state index is 13.9. The summed E-state index contributed by atoms with van der Waals surface area (Å²) in [6.45, 7) is 8.62. The third-order valence-corrected chi connectivity index (χ3v) is 7.64. The molecule has 0 radical (unpaired) electrons. The van der Waals surface area contributed by atoms with E-state index in [1.165, 1.54) is 12.1 Å². The number of hydrogen-bond acceptors (Lipinski definition) is 5. The topological polar surface area (TPSA) is 90.0 Å². The highest BCUT2D eigenvalue weighted by Crippen LogP contribution is 2.37. The standard InChI is InChI=1S/C35H34FN7O/c1-5-8-23(4)43-33(32(40-34(43)22(2)3)24-12-14-28(36)15-13-24)29-16-17-31-38-30(21-42(31)41-29)39-35(44)26-10-6-9-25(19-26)27-11-7-18-37-20-27/h6-7,9-23H,5,8H2,1-4H3,(H,39,44). The van der Waals surface area contributed by atoms with Crippen LogP contribution in [0, 0.1) is 5.82 Å². The zero-order chi connectivity index (χ0) is 30.8. The molecule has 9 heteroatoms. The molecule has 0 aliphatic carbocycles. The van der Waals surface area contributed by atoms with Gasteiger partial charge in [-0.15, -0.1) is 0 Å². The number of benzene rings is 2. The summed E-state index contributed by atoms with van der Waals surface area (Å²) in [4.78, 5) is 27.1. The molecule has 1 unspecified atom stereocenters. The van der Waals surface area contributed by atoms with E-state index in [0.717, 1.165) is 46.7 Å². The molecule has 8 nitrogen and oxygen atoms in total. The quantitative estimate of drug-likeness (QED) is 0.184. The number of halogens is 1. The third kappa shape index (κ3) is 5.73. The van der Waals surface area contributed by atoms with E-state index in [0.29, 0.717) is 22.7 Å². The zero-order valence-corrected chi connectivity index (χ0v) is 25.2. The van der Waals surface area contributed by atoms with Crippen molar-refractivity contribution < 1.29 is 9.18 Å². The first kappa shape index (κ1) is 28.9. The van der Waals surface area contributed by atoms with Crippen LogP contribution in [0.2, 0.25) is 0 Å². The van der Waals surface area contributed by atoms with Crippen molar-refractivity contribution in [2.75, 3.05) is 5.32 Å². The summed E-state index contributed by atoms with van der Waals surface area (Å²) in [5, 5.41) is 7.85. The number of aromatic nitrogens is 6. The summed E-state index contributed by atoms with van der Waals surface area (Å²) in [5.74, 6) is 0.938. The summed E-state index contributed by atoms with van der Waals surface area (Å²) in [6.07, 6.45) is 7.18. The highest BCUT2D eigenvalue weighted by molar-refractivity contribution is 6.04. The molecule has 44 heavy (non-hydrogen) atoms. The molecule has 4 aromatic heterocycles. The second kappa shape index (κ2) is 12.2. The molecule has 6 aromatic rings. The van der Waals surface area contributed by atoms with Gasteiger partial charge in [0.05, 0.1) is 17.6 Å². The van der Waals surface area contributed by atoms with Crippen molar-refractivity contribution in [3.63, 3.8) is 0 Å². The Kier molecular flexibility index (Phi) is 8.02. The van der Waals surface area contributed by atoms with Crippen LogP contribution in [0.3, 0.4) is 0 Å². The van der Waals surface area contributed by atoms with Gasteiger partial charge in [-0.25, -0.2) is 18.9 Å². The minimum Gasteiger partial charge on any atom is -0.323 e.